The van der Waals surface area contributed by atoms with Crippen molar-refractivity contribution in [3.8, 4) is 0 Å². The molecule has 0 saturated heterocycles. The Morgan fingerprint density at radius 3 is 1.70 bits per heavy atom. The van der Waals surface area contributed by atoms with Crippen LogP contribution in [0.2, 0.25) is 0 Å². The van der Waals surface area contributed by atoms with Gasteiger partial charge in [-0.3, -0.25) is 0 Å². The van der Waals surface area contributed by atoms with Crippen LogP contribution in [-0.2, 0) is 0 Å². The number of likely N-dealkylation sites (N-methyl/N-ethyl adjacent to an activating group) is 2. The average Bonchev–Trinajstić information content (AvgIpc) is 1.60. The molecule has 0 amide bonds. The standard InChI is InChI=1S/C8H21N2/c1-8(7-9(2)3)10(4,5)6/h8H,7H2,1-6H3/q+1. The van der Waals surface area contributed by atoms with Crippen LogP contribution < -0.4 is 0 Å². The van der Waals surface area contributed by atoms with E-state index in [0.29, 0.717) is 6.04 Å². The molecule has 0 N–H and O–H groups in total. The second-order valence-electron chi connectivity index (χ2n) is 4.23. The van der Waals surface area contributed by atoms with Gasteiger partial charge in [0.1, 0.15) is 0 Å². The Morgan fingerprint density at radius 1 is 1.20 bits per heavy atom. The minimum absolute atomic E-state index is 0.704. The molecule has 0 saturated carbocycles. The van der Waals surface area contributed by atoms with Crippen LogP contribution in [-0.4, -0.2) is 57.2 Å². The number of rotatable bonds is 3. The van der Waals surface area contributed by atoms with Crippen LogP contribution in [0.25, 0.3) is 0 Å². The molecule has 0 spiro atoms. The second kappa shape index (κ2) is 3.35. The van der Waals surface area contributed by atoms with Gasteiger partial charge in [-0.05, 0) is 21.0 Å². The summed E-state index contributed by atoms with van der Waals surface area (Å²) in [4.78, 5) is 2.23. The van der Waals surface area contributed by atoms with Crippen LogP contribution in [0.1, 0.15) is 6.92 Å². The molecule has 0 aliphatic heterocycles. The largest absolute Gasteiger partial charge is 0.328 e. The van der Waals surface area contributed by atoms with Gasteiger partial charge in [-0.15, -0.1) is 0 Å². The van der Waals surface area contributed by atoms with E-state index in [4.69, 9.17) is 0 Å². The number of quaternary nitrogens is 1. The van der Waals surface area contributed by atoms with Gasteiger partial charge in [0.15, 0.2) is 0 Å². The molecule has 10 heavy (non-hydrogen) atoms. The summed E-state index contributed by atoms with van der Waals surface area (Å²) in [5.41, 5.74) is 0. The molecule has 2 heteroatoms. The molecular weight excluding hydrogens is 124 g/mol. The molecule has 0 aromatic rings. The van der Waals surface area contributed by atoms with Crippen LogP contribution in [0.5, 0.6) is 0 Å². The molecule has 1 atom stereocenters. The highest BCUT2D eigenvalue weighted by Gasteiger charge is 2.17. The first-order valence-corrected chi connectivity index (χ1v) is 3.80. The highest BCUT2D eigenvalue weighted by atomic mass is 15.3. The third-order valence-electron chi connectivity index (χ3n) is 1.95. The first kappa shape index (κ1) is 9.92. The van der Waals surface area contributed by atoms with Crippen molar-refractivity contribution in [2.75, 3.05) is 41.8 Å². The summed E-state index contributed by atoms with van der Waals surface area (Å²) in [6, 6.07) is 0.704. The molecular formula is C8H21N2+. The van der Waals surface area contributed by atoms with Crippen molar-refractivity contribution in [1.82, 2.24) is 4.90 Å². The molecule has 2 nitrogen and oxygen atoms in total. The third-order valence-corrected chi connectivity index (χ3v) is 1.95. The zero-order valence-corrected chi connectivity index (χ0v) is 8.18. The molecule has 0 heterocycles. The lowest BCUT2D eigenvalue weighted by Crippen LogP contribution is -2.48. The van der Waals surface area contributed by atoms with Gasteiger partial charge in [0.25, 0.3) is 0 Å². The normalized spacial score (nSPS) is 15.9. The van der Waals surface area contributed by atoms with Crippen molar-refractivity contribution in [2.24, 2.45) is 0 Å². The van der Waals surface area contributed by atoms with Crippen LogP contribution in [0, 0.1) is 0 Å². The Hall–Kier alpha value is -0.0800. The van der Waals surface area contributed by atoms with E-state index in [1.165, 1.54) is 0 Å². The van der Waals surface area contributed by atoms with E-state index in [9.17, 15) is 0 Å². The molecule has 0 aromatic carbocycles. The zero-order valence-electron chi connectivity index (χ0n) is 8.18. The van der Waals surface area contributed by atoms with Gasteiger partial charge in [0.2, 0.25) is 0 Å². The topological polar surface area (TPSA) is 3.24 Å². The zero-order chi connectivity index (χ0) is 8.36. The van der Waals surface area contributed by atoms with Gasteiger partial charge >= 0.3 is 0 Å². The minimum atomic E-state index is 0.704. The van der Waals surface area contributed by atoms with Gasteiger partial charge < -0.3 is 9.38 Å². The summed E-state index contributed by atoms with van der Waals surface area (Å²) in [5, 5.41) is 0. The van der Waals surface area contributed by atoms with E-state index in [1.54, 1.807) is 0 Å². The lowest BCUT2D eigenvalue weighted by atomic mass is 10.2. The van der Waals surface area contributed by atoms with Crippen LogP contribution in [0.15, 0.2) is 0 Å². The summed E-state index contributed by atoms with van der Waals surface area (Å²) in [6.45, 7) is 3.43. The Morgan fingerprint density at radius 2 is 1.60 bits per heavy atom. The summed E-state index contributed by atoms with van der Waals surface area (Å²) >= 11 is 0. The second-order valence-corrected chi connectivity index (χ2v) is 4.23. The van der Waals surface area contributed by atoms with Gasteiger partial charge in [0, 0.05) is 6.54 Å². The van der Waals surface area contributed by atoms with Gasteiger partial charge in [-0.1, -0.05) is 0 Å². The summed E-state index contributed by atoms with van der Waals surface area (Å²) in [5.74, 6) is 0. The first-order valence-electron chi connectivity index (χ1n) is 3.80. The van der Waals surface area contributed by atoms with Crippen molar-refractivity contribution >= 4 is 0 Å². The summed E-state index contributed by atoms with van der Waals surface area (Å²) in [7, 11) is 10.9. The average molecular weight is 145 g/mol. The smallest absolute Gasteiger partial charge is 0.0984 e. The Labute approximate surface area is 65.0 Å². The van der Waals surface area contributed by atoms with Crippen LogP contribution >= 0.6 is 0 Å². The van der Waals surface area contributed by atoms with E-state index in [1.807, 2.05) is 0 Å². The van der Waals surface area contributed by atoms with E-state index in [0.717, 1.165) is 11.0 Å². The van der Waals surface area contributed by atoms with Gasteiger partial charge in [-0.25, -0.2) is 0 Å². The molecule has 62 valence electrons. The predicted octanol–water partition coefficient (Wildman–Crippen LogP) is 0.643. The Kier molecular flexibility index (Phi) is 3.33. The van der Waals surface area contributed by atoms with E-state index in [2.05, 4.69) is 47.1 Å². The number of hydrogen-bond donors (Lipinski definition) is 0. The quantitative estimate of drug-likeness (QED) is 0.527. The van der Waals surface area contributed by atoms with Crippen LogP contribution in [0.4, 0.5) is 0 Å². The molecule has 1 unspecified atom stereocenters. The van der Waals surface area contributed by atoms with E-state index >= 15 is 0 Å². The third kappa shape index (κ3) is 3.85. The van der Waals surface area contributed by atoms with Gasteiger partial charge in [-0.2, -0.15) is 0 Å². The van der Waals surface area contributed by atoms with Gasteiger partial charge in [0.05, 0.1) is 27.2 Å². The molecule has 0 aliphatic rings. The Balaban J connectivity index is 3.73. The molecule has 0 aromatic heterocycles. The lowest BCUT2D eigenvalue weighted by molar-refractivity contribution is -0.893. The molecule has 0 radical (unpaired) electrons. The maximum Gasteiger partial charge on any atom is 0.0984 e. The minimum Gasteiger partial charge on any atom is -0.328 e. The Bertz CT molecular complexity index is 91.9. The van der Waals surface area contributed by atoms with Crippen molar-refractivity contribution in [1.29, 1.82) is 0 Å². The maximum absolute atomic E-state index is 2.28. The summed E-state index contributed by atoms with van der Waals surface area (Å²) < 4.78 is 1.04. The monoisotopic (exact) mass is 145 g/mol. The summed E-state index contributed by atoms with van der Waals surface area (Å²) in [6.07, 6.45) is 0. The molecule has 0 fully saturated rings. The van der Waals surface area contributed by atoms with Crippen molar-refractivity contribution in [3.63, 3.8) is 0 Å². The fourth-order valence-corrected chi connectivity index (χ4v) is 0.773. The lowest BCUT2D eigenvalue weighted by Gasteiger charge is -2.33. The molecule has 0 bridgehead atoms. The number of nitrogens with zero attached hydrogens (tertiary/aromatic N) is 2. The highest BCUT2D eigenvalue weighted by molar-refractivity contribution is 4.52. The highest BCUT2D eigenvalue weighted by Crippen LogP contribution is 2.01. The predicted molar refractivity (Wildman–Crippen MR) is 46.0 cm³/mol. The van der Waals surface area contributed by atoms with E-state index in [-0.39, 0.29) is 0 Å². The van der Waals surface area contributed by atoms with Crippen LogP contribution in [0.3, 0.4) is 0 Å². The van der Waals surface area contributed by atoms with Crippen molar-refractivity contribution in [3.05, 3.63) is 0 Å². The number of hydrogen-bond acceptors (Lipinski definition) is 1. The molecule has 0 rings (SSSR count). The first-order chi connectivity index (χ1) is 4.34. The fourth-order valence-electron chi connectivity index (χ4n) is 0.773. The molecule has 0 aliphatic carbocycles. The van der Waals surface area contributed by atoms with E-state index < -0.39 is 0 Å². The van der Waals surface area contributed by atoms with Crippen molar-refractivity contribution in [2.45, 2.75) is 13.0 Å². The van der Waals surface area contributed by atoms with Crippen molar-refractivity contribution < 1.29 is 4.48 Å². The maximum atomic E-state index is 2.28. The fraction of sp³-hybridized carbons (Fsp3) is 1.00. The SMILES string of the molecule is CC(CN(C)C)[N+](C)(C)C.